The van der Waals surface area contributed by atoms with Gasteiger partial charge in [0, 0.05) is 16.6 Å². The van der Waals surface area contributed by atoms with Gasteiger partial charge in [0.05, 0.1) is 23.4 Å². The van der Waals surface area contributed by atoms with Crippen LogP contribution in [0.3, 0.4) is 0 Å². The Hall–Kier alpha value is -1.63. The highest BCUT2D eigenvalue weighted by Gasteiger charge is 2.78. The summed E-state index contributed by atoms with van der Waals surface area (Å²) in [5.74, 6) is -2.22. The Kier molecular flexibility index (Phi) is 4.24. The van der Waals surface area contributed by atoms with Crippen LogP contribution in [0.15, 0.2) is 17.3 Å². The van der Waals surface area contributed by atoms with Crippen molar-refractivity contribution in [3.63, 3.8) is 0 Å². The number of aryl methyl sites for hydroxylation is 1. The van der Waals surface area contributed by atoms with Gasteiger partial charge in [-0.05, 0) is 88.4 Å². The number of fused-ring (bicyclic) bond motifs is 7. The van der Waals surface area contributed by atoms with E-state index in [4.69, 9.17) is 0 Å². The molecule has 1 aromatic rings. The molecular formula is C25H33F2N3O2. The number of hydrogen-bond acceptors (Lipinski definition) is 4. The molecule has 4 fully saturated rings. The molecule has 0 spiro atoms. The van der Waals surface area contributed by atoms with Crippen molar-refractivity contribution in [1.82, 2.24) is 15.0 Å². The number of Topliss-reactive ketones (excluding diaryl/α,β-unsaturated/α-hetero) is 1. The smallest absolute Gasteiger partial charge is 0.277 e. The van der Waals surface area contributed by atoms with E-state index in [1.807, 2.05) is 6.92 Å². The number of ketones is 1. The molecule has 5 aliphatic rings. The van der Waals surface area contributed by atoms with Gasteiger partial charge in [-0.3, -0.25) is 4.79 Å². The first kappa shape index (κ1) is 20.9. The standard InChI is InChI=1S/C25H33F2N3O2/c1-13-11-28-30(29-13)12-18(31)20-22-21(25(22,26)27)19-17-5-4-14-10-23(2,32)8-6-15(14)16(17)7-9-24(19,20)3/h11,14-17,19,21,32H,4-10,12H2,1-3H3/t14-,15+,16-,17-,19-,21?,23-,24+/m1/s1. The Morgan fingerprint density at radius 1 is 1.16 bits per heavy atom. The van der Waals surface area contributed by atoms with Gasteiger partial charge in [0.2, 0.25) is 0 Å². The van der Waals surface area contributed by atoms with Crippen molar-refractivity contribution in [3.8, 4) is 0 Å². The SMILES string of the molecule is Cc1cnn(CC(=O)C2=C3C([C@H]4[C@@H]5CC[C@@H]6C[C@](C)(O)CC[C@@H]6[C@H]5CC[C@]24C)C3(F)F)n1. The number of rotatable bonds is 3. The molecule has 1 unspecified atom stereocenters. The minimum atomic E-state index is -2.84. The molecule has 1 heterocycles. The van der Waals surface area contributed by atoms with Crippen LogP contribution in [0.1, 0.15) is 64.5 Å². The highest BCUT2D eigenvalue weighted by molar-refractivity contribution is 5.99. The van der Waals surface area contributed by atoms with Crippen LogP contribution >= 0.6 is 0 Å². The number of aliphatic hydroxyl groups is 1. The van der Waals surface area contributed by atoms with Crippen molar-refractivity contribution in [2.45, 2.75) is 83.8 Å². The van der Waals surface area contributed by atoms with E-state index in [9.17, 15) is 9.90 Å². The summed E-state index contributed by atoms with van der Waals surface area (Å²) < 4.78 is 30.1. The van der Waals surface area contributed by atoms with E-state index >= 15 is 8.78 Å². The lowest BCUT2D eigenvalue weighted by Crippen LogP contribution is -2.52. The summed E-state index contributed by atoms with van der Waals surface area (Å²) in [5, 5.41) is 18.9. The van der Waals surface area contributed by atoms with Gasteiger partial charge in [-0.25, -0.2) is 8.78 Å². The first-order valence-electron chi connectivity index (χ1n) is 12.3. The fourth-order valence-electron chi connectivity index (χ4n) is 8.71. The zero-order valence-corrected chi connectivity index (χ0v) is 19.2. The van der Waals surface area contributed by atoms with Crippen LogP contribution in [0.5, 0.6) is 0 Å². The minimum absolute atomic E-state index is 0.0638. The maximum absolute atomic E-state index is 15.0. The Morgan fingerprint density at radius 3 is 2.62 bits per heavy atom. The zero-order chi connectivity index (χ0) is 22.6. The number of aromatic nitrogens is 3. The highest BCUT2D eigenvalue weighted by Crippen LogP contribution is 2.77. The van der Waals surface area contributed by atoms with Crippen LogP contribution in [0.2, 0.25) is 0 Å². The van der Waals surface area contributed by atoms with Crippen LogP contribution in [-0.4, -0.2) is 37.4 Å². The summed E-state index contributed by atoms with van der Waals surface area (Å²) in [5.41, 5.74) is 0.202. The second-order valence-corrected chi connectivity index (χ2v) is 11.9. The van der Waals surface area contributed by atoms with Gasteiger partial charge in [0.1, 0.15) is 6.54 Å². The third-order valence-electron chi connectivity index (χ3n) is 9.88. The summed E-state index contributed by atoms with van der Waals surface area (Å²) in [6.07, 6.45) is 8.01. The van der Waals surface area contributed by atoms with E-state index in [0.717, 1.165) is 44.9 Å². The van der Waals surface area contributed by atoms with Crippen LogP contribution in [-0.2, 0) is 11.3 Å². The Bertz CT molecular complexity index is 1010. The Morgan fingerprint density at radius 2 is 1.91 bits per heavy atom. The van der Waals surface area contributed by atoms with Crippen molar-refractivity contribution >= 4 is 5.78 Å². The molecule has 0 aliphatic heterocycles. The van der Waals surface area contributed by atoms with Crippen LogP contribution in [0.25, 0.3) is 0 Å². The Labute approximate surface area is 187 Å². The lowest BCUT2D eigenvalue weighted by Gasteiger charge is -2.57. The van der Waals surface area contributed by atoms with Crippen molar-refractivity contribution < 1.29 is 18.7 Å². The van der Waals surface area contributed by atoms with Crippen molar-refractivity contribution in [2.75, 3.05) is 0 Å². The van der Waals surface area contributed by atoms with Gasteiger partial charge in [0.25, 0.3) is 5.92 Å². The maximum atomic E-state index is 15.0. The molecule has 0 saturated heterocycles. The van der Waals surface area contributed by atoms with Gasteiger partial charge in [-0.15, -0.1) is 0 Å². The lowest BCUT2D eigenvalue weighted by molar-refractivity contribution is -0.123. The Balaban J connectivity index is 1.30. The van der Waals surface area contributed by atoms with E-state index < -0.39 is 22.9 Å². The minimum Gasteiger partial charge on any atom is -0.390 e. The fraction of sp³-hybridized carbons (Fsp3) is 0.800. The van der Waals surface area contributed by atoms with Crippen LogP contribution in [0.4, 0.5) is 8.78 Å². The molecule has 7 heteroatoms. The summed E-state index contributed by atoms with van der Waals surface area (Å²) in [7, 11) is 0. The van der Waals surface area contributed by atoms with Crippen molar-refractivity contribution in [2.24, 2.45) is 40.9 Å². The molecule has 5 aliphatic carbocycles. The number of halogens is 2. The lowest BCUT2D eigenvalue weighted by atomic mass is 9.48. The number of allylic oxidation sites excluding steroid dienone is 2. The molecular weight excluding hydrogens is 412 g/mol. The van der Waals surface area contributed by atoms with E-state index in [-0.39, 0.29) is 29.7 Å². The first-order valence-corrected chi connectivity index (χ1v) is 12.3. The van der Waals surface area contributed by atoms with Gasteiger partial charge in [0.15, 0.2) is 5.78 Å². The average molecular weight is 446 g/mol. The molecule has 0 radical (unpaired) electrons. The number of hydrogen-bond donors (Lipinski definition) is 1. The van der Waals surface area contributed by atoms with Gasteiger partial charge < -0.3 is 5.11 Å². The van der Waals surface area contributed by atoms with Crippen molar-refractivity contribution in [1.29, 1.82) is 0 Å². The quantitative estimate of drug-likeness (QED) is 0.752. The second-order valence-electron chi connectivity index (χ2n) is 11.9. The molecule has 174 valence electrons. The van der Waals surface area contributed by atoms with Gasteiger partial charge >= 0.3 is 0 Å². The predicted octanol–water partition coefficient (Wildman–Crippen LogP) is 4.34. The van der Waals surface area contributed by atoms with E-state index in [1.54, 1.807) is 13.1 Å². The van der Waals surface area contributed by atoms with Gasteiger partial charge in [-0.1, -0.05) is 6.92 Å². The monoisotopic (exact) mass is 445 g/mol. The zero-order valence-electron chi connectivity index (χ0n) is 19.2. The topological polar surface area (TPSA) is 68.0 Å². The summed E-state index contributed by atoms with van der Waals surface area (Å²) in [4.78, 5) is 14.7. The second kappa shape index (κ2) is 6.49. The number of carbonyl (C=O) groups is 1. The van der Waals surface area contributed by atoms with E-state index in [0.29, 0.717) is 29.0 Å². The third kappa shape index (κ3) is 2.78. The predicted molar refractivity (Wildman–Crippen MR) is 114 cm³/mol. The fourth-order valence-corrected chi connectivity index (χ4v) is 8.71. The summed E-state index contributed by atoms with van der Waals surface area (Å²) in [6, 6.07) is 0. The molecule has 4 saturated carbocycles. The normalized spacial score (nSPS) is 46.2. The molecule has 0 aromatic carbocycles. The number of nitrogens with zero attached hydrogens (tertiary/aromatic N) is 3. The van der Waals surface area contributed by atoms with E-state index in [2.05, 4.69) is 17.1 Å². The molecule has 6 rings (SSSR count). The highest BCUT2D eigenvalue weighted by atomic mass is 19.3. The average Bonchev–Trinajstić information content (AvgIpc) is 3.01. The summed E-state index contributed by atoms with van der Waals surface area (Å²) in [6.45, 7) is 5.76. The van der Waals surface area contributed by atoms with Crippen LogP contribution in [0, 0.1) is 47.8 Å². The molecule has 1 aromatic heterocycles. The maximum Gasteiger partial charge on any atom is 0.277 e. The van der Waals surface area contributed by atoms with Crippen LogP contribution < -0.4 is 0 Å². The number of carbonyl (C=O) groups excluding carboxylic acids is 1. The summed E-state index contributed by atoms with van der Waals surface area (Å²) >= 11 is 0. The molecule has 8 atom stereocenters. The molecule has 32 heavy (non-hydrogen) atoms. The third-order valence-corrected chi connectivity index (χ3v) is 9.88. The first-order chi connectivity index (χ1) is 15.0. The molecule has 5 nitrogen and oxygen atoms in total. The molecule has 1 N–H and O–H groups in total. The molecule has 0 bridgehead atoms. The van der Waals surface area contributed by atoms with Crippen molar-refractivity contribution in [3.05, 3.63) is 23.0 Å². The number of alkyl halides is 2. The molecule has 0 amide bonds. The van der Waals surface area contributed by atoms with Gasteiger partial charge in [-0.2, -0.15) is 15.0 Å². The van der Waals surface area contributed by atoms with E-state index in [1.165, 1.54) is 4.80 Å². The largest absolute Gasteiger partial charge is 0.390 e.